The van der Waals surface area contributed by atoms with E-state index < -0.39 is 0 Å². The molecule has 1 amide bonds. The SMILES string of the molecule is C[C@H]1c2cc(F)ccc2CCN1C(=O)Cn1nccn1. The van der Waals surface area contributed by atoms with Crippen LogP contribution in [0.4, 0.5) is 4.39 Å². The first kappa shape index (κ1) is 12.8. The van der Waals surface area contributed by atoms with E-state index in [1.54, 1.807) is 11.0 Å². The molecular weight excluding hydrogens is 259 g/mol. The molecule has 2 heterocycles. The van der Waals surface area contributed by atoms with Crippen LogP contribution >= 0.6 is 0 Å². The van der Waals surface area contributed by atoms with Crippen LogP contribution in [-0.4, -0.2) is 32.3 Å². The summed E-state index contributed by atoms with van der Waals surface area (Å²) in [6, 6.07) is 4.66. The molecular formula is C14H15FN4O. The first-order valence-electron chi connectivity index (χ1n) is 6.57. The molecule has 0 aliphatic carbocycles. The smallest absolute Gasteiger partial charge is 0.246 e. The molecule has 1 aromatic heterocycles. The summed E-state index contributed by atoms with van der Waals surface area (Å²) in [5.74, 6) is -0.317. The van der Waals surface area contributed by atoms with Crippen molar-refractivity contribution in [2.24, 2.45) is 0 Å². The van der Waals surface area contributed by atoms with E-state index in [2.05, 4.69) is 10.2 Å². The molecule has 3 rings (SSSR count). The largest absolute Gasteiger partial charge is 0.334 e. The van der Waals surface area contributed by atoms with E-state index in [9.17, 15) is 9.18 Å². The lowest BCUT2D eigenvalue weighted by Crippen LogP contribution is -2.41. The molecule has 0 N–H and O–H groups in total. The molecule has 0 bridgehead atoms. The quantitative estimate of drug-likeness (QED) is 0.835. The van der Waals surface area contributed by atoms with Crippen molar-refractivity contribution in [3.8, 4) is 0 Å². The number of rotatable bonds is 2. The summed E-state index contributed by atoms with van der Waals surface area (Å²) in [5.41, 5.74) is 2.00. The molecule has 0 saturated heterocycles. The van der Waals surface area contributed by atoms with E-state index in [0.717, 1.165) is 17.5 Å². The van der Waals surface area contributed by atoms with E-state index in [-0.39, 0.29) is 24.3 Å². The van der Waals surface area contributed by atoms with Gasteiger partial charge in [0.05, 0.1) is 18.4 Å². The highest BCUT2D eigenvalue weighted by Crippen LogP contribution is 2.30. The Morgan fingerprint density at radius 2 is 2.15 bits per heavy atom. The molecule has 0 radical (unpaired) electrons. The number of halogens is 1. The Bertz CT molecular complexity index is 626. The summed E-state index contributed by atoms with van der Waals surface area (Å²) in [7, 11) is 0. The van der Waals surface area contributed by atoms with Crippen molar-refractivity contribution in [2.45, 2.75) is 25.9 Å². The zero-order valence-electron chi connectivity index (χ0n) is 11.2. The summed E-state index contributed by atoms with van der Waals surface area (Å²) in [6.07, 6.45) is 3.83. The second-order valence-electron chi connectivity index (χ2n) is 4.92. The van der Waals surface area contributed by atoms with E-state index in [4.69, 9.17) is 0 Å². The van der Waals surface area contributed by atoms with Crippen LogP contribution in [0.5, 0.6) is 0 Å². The van der Waals surface area contributed by atoms with Crippen molar-refractivity contribution < 1.29 is 9.18 Å². The molecule has 1 aliphatic rings. The molecule has 20 heavy (non-hydrogen) atoms. The number of fused-ring (bicyclic) bond motifs is 1. The molecule has 0 spiro atoms. The van der Waals surface area contributed by atoms with Gasteiger partial charge in [0.25, 0.3) is 0 Å². The zero-order valence-corrected chi connectivity index (χ0v) is 11.2. The molecule has 1 aromatic carbocycles. The third-order valence-electron chi connectivity index (χ3n) is 3.71. The van der Waals surface area contributed by atoms with Gasteiger partial charge in [0.2, 0.25) is 5.91 Å². The molecule has 6 heteroatoms. The first-order valence-corrected chi connectivity index (χ1v) is 6.57. The van der Waals surface area contributed by atoms with E-state index in [1.165, 1.54) is 29.3 Å². The highest BCUT2D eigenvalue weighted by atomic mass is 19.1. The molecule has 0 saturated carbocycles. The molecule has 1 atom stereocenters. The van der Waals surface area contributed by atoms with Crippen LogP contribution in [0.15, 0.2) is 30.6 Å². The average molecular weight is 274 g/mol. The lowest BCUT2D eigenvalue weighted by molar-refractivity contribution is -0.134. The number of hydrogen-bond acceptors (Lipinski definition) is 3. The number of carbonyl (C=O) groups is 1. The normalized spacial score (nSPS) is 17.9. The molecule has 1 aliphatic heterocycles. The Hall–Kier alpha value is -2.24. The molecule has 5 nitrogen and oxygen atoms in total. The maximum Gasteiger partial charge on any atom is 0.246 e. The van der Waals surface area contributed by atoms with Gasteiger partial charge < -0.3 is 4.90 Å². The van der Waals surface area contributed by atoms with Gasteiger partial charge in [0.15, 0.2) is 0 Å². The predicted molar refractivity (Wildman–Crippen MR) is 70.3 cm³/mol. The lowest BCUT2D eigenvalue weighted by Gasteiger charge is -2.35. The fourth-order valence-corrected chi connectivity index (χ4v) is 2.66. The fraction of sp³-hybridized carbons (Fsp3) is 0.357. The van der Waals surface area contributed by atoms with Gasteiger partial charge in [-0.15, -0.1) is 0 Å². The van der Waals surface area contributed by atoms with Gasteiger partial charge in [-0.05, 0) is 36.6 Å². The van der Waals surface area contributed by atoms with Crippen molar-refractivity contribution in [1.29, 1.82) is 0 Å². The minimum absolute atomic E-state index is 0.0522. The summed E-state index contributed by atoms with van der Waals surface area (Å²) in [6.45, 7) is 2.67. The standard InChI is InChI=1S/C14H15FN4O/c1-10-13-8-12(15)3-2-11(13)4-7-18(10)14(20)9-19-16-5-6-17-19/h2-3,5-6,8,10H,4,7,9H2,1H3/t10-/m0/s1. The van der Waals surface area contributed by atoms with Gasteiger partial charge in [-0.2, -0.15) is 15.0 Å². The van der Waals surface area contributed by atoms with E-state index in [1.807, 2.05) is 6.92 Å². The highest BCUT2D eigenvalue weighted by Gasteiger charge is 2.28. The molecule has 0 fully saturated rings. The van der Waals surface area contributed by atoms with Gasteiger partial charge in [-0.1, -0.05) is 6.07 Å². The Morgan fingerprint density at radius 3 is 2.90 bits per heavy atom. The van der Waals surface area contributed by atoms with E-state index >= 15 is 0 Å². The van der Waals surface area contributed by atoms with Crippen LogP contribution in [0.25, 0.3) is 0 Å². The Kier molecular flexibility index (Phi) is 3.22. The van der Waals surface area contributed by atoms with Crippen LogP contribution in [0.1, 0.15) is 24.1 Å². The number of nitrogens with zero attached hydrogens (tertiary/aromatic N) is 4. The van der Waals surface area contributed by atoms with Crippen molar-refractivity contribution in [1.82, 2.24) is 19.9 Å². The number of benzene rings is 1. The van der Waals surface area contributed by atoms with Crippen molar-refractivity contribution >= 4 is 5.91 Å². The van der Waals surface area contributed by atoms with Gasteiger partial charge in [0, 0.05) is 6.54 Å². The molecule has 0 unspecified atom stereocenters. The third-order valence-corrected chi connectivity index (χ3v) is 3.71. The predicted octanol–water partition coefficient (Wildman–Crippen LogP) is 1.56. The van der Waals surface area contributed by atoms with Gasteiger partial charge in [-0.3, -0.25) is 4.79 Å². The van der Waals surface area contributed by atoms with Crippen molar-refractivity contribution in [3.05, 3.63) is 47.5 Å². The number of hydrogen-bond donors (Lipinski definition) is 0. The summed E-state index contributed by atoms with van der Waals surface area (Å²) in [5, 5.41) is 7.87. The van der Waals surface area contributed by atoms with Gasteiger partial charge >= 0.3 is 0 Å². The minimum atomic E-state index is -0.265. The van der Waals surface area contributed by atoms with Crippen LogP contribution in [0.3, 0.4) is 0 Å². The van der Waals surface area contributed by atoms with Crippen LogP contribution in [0, 0.1) is 5.82 Å². The summed E-state index contributed by atoms with van der Waals surface area (Å²) >= 11 is 0. The second kappa shape index (κ2) is 5.03. The Balaban J connectivity index is 1.81. The zero-order chi connectivity index (χ0) is 14.1. The summed E-state index contributed by atoms with van der Waals surface area (Å²) in [4.78, 5) is 15.4. The van der Waals surface area contributed by atoms with Crippen molar-refractivity contribution in [2.75, 3.05) is 6.54 Å². The Morgan fingerprint density at radius 1 is 1.40 bits per heavy atom. The number of aromatic nitrogens is 3. The topological polar surface area (TPSA) is 51.0 Å². The molecule has 104 valence electrons. The van der Waals surface area contributed by atoms with Crippen molar-refractivity contribution in [3.63, 3.8) is 0 Å². The maximum atomic E-state index is 13.4. The third kappa shape index (κ3) is 2.29. The minimum Gasteiger partial charge on any atom is -0.334 e. The van der Waals surface area contributed by atoms with Gasteiger partial charge in [-0.25, -0.2) is 4.39 Å². The van der Waals surface area contributed by atoms with Crippen LogP contribution in [0.2, 0.25) is 0 Å². The van der Waals surface area contributed by atoms with Gasteiger partial charge in [0.1, 0.15) is 12.4 Å². The monoisotopic (exact) mass is 274 g/mol. The van der Waals surface area contributed by atoms with Crippen LogP contribution < -0.4 is 0 Å². The summed E-state index contributed by atoms with van der Waals surface area (Å²) < 4.78 is 13.4. The Labute approximate surface area is 116 Å². The maximum absolute atomic E-state index is 13.4. The number of amides is 1. The second-order valence-corrected chi connectivity index (χ2v) is 4.92. The molecule has 2 aromatic rings. The first-order chi connectivity index (χ1) is 9.65. The van der Waals surface area contributed by atoms with Crippen LogP contribution in [-0.2, 0) is 17.8 Å². The lowest BCUT2D eigenvalue weighted by atomic mass is 9.93. The average Bonchev–Trinajstić information content (AvgIpc) is 2.92. The number of carbonyl (C=O) groups excluding carboxylic acids is 1. The van der Waals surface area contributed by atoms with E-state index in [0.29, 0.717) is 6.54 Å². The fourth-order valence-electron chi connectivity index (χ4n) is 2.66. The highest BCUT2D eigenvalue weighted by molar-refractivity contribution is 5.76.